The number of carbonyl (C=O) groups excluding carboxylic acids is 1. The van der Waals surface area contributed by atoms with Gasteiger partial charge in [-0.2, -0.15) is 13.2 Å². The van der Waals surface area contributed by atoms with Gasteiger partial charge in [0.05, 0.1) is 28.8 Å². The van der Waals surface area contributed by atoms with E-state index >= 15 is 0 Å². The van der Waals surface area contributed by atoms with Crippen LogP contribution in [0, 0.1) is 5.92 Å². The third-order valence-electron chi connectivity index (χ3n) is 2.21. The molecule has 1 aliphatic rings. The first-order valence-corrected chi connectivity index (χ1v) is 5.17. The molecule has 1 amide bonds. The molecule has 14 heavy (non-hydrogen) atoms. The van der Waals surface area contributed by atoms with Crippen molar-refractivity contribution in [1.82, 2.24) is 3.53 Å². The Labute approximate surface area is 92.9 Å². The molecule has 0 heterocycles. The maximum absolute atomic E-state index is 12.4. The van der Waals surface area contributed by atoms with E-state index in [1.165, 1.54) is 22.9 Å². The molecule has 0 saturated heterocycles. The number of halogens is 4. The Bertz CT molecular complexity index is 221. The summed E-state index contributed by atoms with van der Waals surface area (Å²) in [7, 11) is 0. The second-order valence-electron chi connectivity index (χ2n) is 3.12. The fourth-order valence-electron chi connectivity index (χ4n) is 1.60. The highest BCUT2D eigenvalue weighted by molar-refractivity contribution is 14.1. The topological polar surface area (TPSA) is 38.3 Å². The molecule has 0 aromatic heterocycles. The summed E-state index contributed by atoms with van der Waals surface area (Å²) in [5.41, 5.74) is 0. The third kappa shape index (κ3) is 2.89. The number of hydrogen-bond donors (Lipinski definition) is 1. The van der Waals surface area contributed by atoms with E-state index in [9.17, 15) is 18.0 Å². The van der Waals surface area contributed by atoms with Gasteiger partial charge in [0, 0.05) is 0 Å². The molecule has 0 spiro atoms. The minimum Gasteiger partial charge on any atom is -0.445 e. The first kappa shape index (κ1) is 11.9. The van der Waals surface area contributed by atoms with Crippen LogP contribution in [0.2, 0.25) is 0 Å². The van der Waals surface area contributed by atoms with Gasteiger partial charge in [-0.3, -0.25) is 3.53 Å². The van der Waals surface area contributed by atoms with Crippen LogP contribution < -0.4 is 3.53 Å². The Morgan fingerprint density at radius 1 is 1.43 bits per heavy atom. The molecule has 0 aromatic rings. The fourth-order valence-corrected chi connectivity index (χ4v) is 1.73. The zero-order valence-corrected chi connectivity index (χ0v) is 9.26. The van der Waals surface area contributed by atoms with Crippen LogP contribution in [0.5, 0.6) is 0 Å². The van der Waals surface area contributed by atoms with E-state index in [2.05, 4.69) is 8.27 Å². The largest absolute Gasteiger partial charge is 0.445 e. The number of ether oxygens (including phenoxy) is 1. The highest BCUT2D eigenvalue weighted by atomic mass is 127. The second kappa shape index (κ2) is 4.54. The van der Waals surface area contributed by atoms with Crippen LogP contribution in [0.4, 0.5) is 18.0 Å². The van der Waals surface area contributed by atoms with E-state index in [1.807, 2.05) is 0 Å². The summed E-state index contributed by atoms with van der Waals surface area (Å²) >= 11 is 1.52. The number of rotatable bonds is 1. The number of amides is 1. The lowest BCUT2D eigenvalue weighted by Crippen LogP contribution is -2.34. The van der Waals surface area contributed by atoms with Crippen LogP contribution in [0.25, 0.3) is 0 Å². The van der Waals surface area contributed by atoms with E-state index in [4.69, 9.17) is 0 Å². The minimum atomic E-state index is -4.27. The van der Waals surface area contributed by atoms with Crippen LogP contribution in [-0.4, -0.2) is 18.4 Å². The Hall–Kier alpha value is -0.210. The predicted molar refractivity (Wildman–Crippen MR) is 50.8 cm³/mol. The van der Waals surface area contributed by atoms with Gasteiger partial charge in [0.15, 0.2) is 0 Å². The summed E-state index contributed by atoms with van der Waals surface area (Å²) in [6.07, 6.45) is -5.33. The van der Waals surface area contributed by atoms with Crippen molar-refractivity contribution in [3.8, 4) is 0 Å². The van der Waals surface area contributed by atoms with Gasteiger partial charge in [-0.1, -0.05) is 0 Å². The molecule has 0 radical (unpaired) electrons. The lowest BCUT2D eigenvalue weighted by molar-refractivity contribution is -0.192. The molecule has 3 nitrogen and oxygen atoms in total. The number of alkyl halides is 3. The van der Waals surface area contributed by atoms with Crippen molar-refractivity contribution in [3.05, 3.63) is 0 Å². The van der Waals surface area contributed by atoms with Crippen LogP contribution in [0.1, 0.15) is 19.3 Å². The van der Waals surface area contributed by atoms with E-state index in [0.29, 0.717) is 6.42 Å². The Kier molecular flexibility index (Phi) is 3.85. The van der Waals surface area contributed by atoms with Gasteiger partial charge in [0.25, 0.3) is 0 Å². The maximum Gasteiger partial charge on any atom is 0.416 e. The molecule has 1 aliphatic carbocycles. The van der Waals surface area contributed by atoms with Gasteiger partial charge in [-0.15, -0.1) is 0 Å². The summed E-state index contributed by atoms with van der Waals surface area (Å²) in [6, 6.07) is 0. The van der Waals surface area contributed by atoms with Gasteiger partial charge in [-0.05, 0) is 19.3 Å². The van der Waals surface area contributed by atoms with Gasteiger partial charge in [-0.25, -0.2) is 4.79 Å². The van der Waals surface area contributed by atoms with Gasteiger partial charge in [0.2, 0.25) is 0 Å². The molecule has 7 heteroatoms. The van der Waals surface area contributed by atoms with E-state index < -0.39 is 24.3 Å². The molecule has 1 saturated carbocycles. The molecule has 1 fully saturated rings. The number of carbonyl (C=O) groups is 1. The maximum atomic E-state index is 12.4. The van der Waals surface area contributed by atoms with Crippen molar-refractivity contribution in [2.45, 2.75) is 31.5 Å². The Morgan fingerprint density at radius 2 is 2.07 bits per heavy atom. The van der Waals surface area contributed by atoms with E-state index in [1.54, 1.807) is 0 Å². The summed E-state index contributed by atoms with van der Waals surface area (Å²) in [5.74, 6) is -1.50. The van der Waals surface area contributed by atoms with Crippen molar-refractivity contribution >= 4 is 29.0 Å². The fraction of sp³-hybridized carbons (Fsp3) is 0.857. The first-order chi connectivity index (χ1) is 6.45. The highest BCUT2D eigenvalue weighted by Crippen LogP contribution is 2.40. The van der Waals surface area contributed by atoms with Gasteiger partial charge in [0.1, 0.15) is 6.10 Å². The molecule has 0 aromatic carbocycles. The summed E-state index contributed by atoms with van der Waals surface area (Å²) in [5, 5.41) is 0. The normalized spacial score (nSPS) is 27.4. The summed E-state index contributed by atoms with van der Waals surface area (Å²) in [4.78, 5) is 10.7. The average molecular weight is 323 g/mol. The molecule has 82 valence electrons. The lowest BCUT2D eigenvalue weighted by Gasteiger charge is -2.21. The van der Waals surface area contributed by atoms with Crippen LogP contribution in [-0.2, 0) is 4.74 Å². The monoisotopic (exact) mass is 323 g/mol. The zero-order valence-electron chi connectivity index (χ0n) is 7.10. The van der Waals surface area contributed by atoms with Gasteiger partial charge >= 0.3 is 12.3 Å². The molecular formula is C7H9F3INO2. The lowest BCUT2D eigenvalue weighted by atomic mass is 10.1. The second-order valence-corrected chi connectivity index (χ2v) is 3.66. The summed E-state index contributed by atoms with van der Waals surface area (Å²) < 4.78 is 43.8. The first-order valence-electron chi connectivity index (χ1n) is 4.09. The molecule has 0 aliphatic heterocycles. The van der Waals surface area contributed by atoms with Crippen LogP contribution in [0.3, 0.4) is 0 Å². The van der Waals surface area contributed by atoms with E-state index in [-0.39, 0.29) is 12.8 Å². The van der Waals surface area contributed by atoms with Crippen molar-refractivity contribution in [2.24, 2.45) is 5.92 Å². The average Bonchev–Trinajstić information content (AvgIpc) is 2.51. The Balaban J connectivity index is 2.56. The standard InChI is InChI=1S/C7H9F3INO2/c8-7(9,10)4-2-1-3-5(4)14-6(13)12-11/h4-5H,1-3H2,(H,12,13). The number of hydrogen-bond acceptors (Lipinski definition) is 2. The van der Waals surface area contributed by atoms with Crippen molar-refractivity contribution in [1.29, 1.82) is 0 Å². The molecule has 1 rings (SSSR count). The third-order valence-corrected chi connectivity index (χ3v) is 2.65. The molecule has 1 N–H and O–H groups in total. The molecule has 2 atom stereocenters. The molecular weight excluding hydrogens is 314 g/mol. The smallest absolute Gasteiger partial charge is 0.416 e. The molecule has 0 bridgehead atoms. The van der Waals surface area contributed by atoms with Crippen LogP contribution >= 0.6 is 22.9 Å². The number of nitrogens with one attached hydrogen (secondary N) is 1. The van der Waals surface area contributed by atoms with Gasteiger partial charge < -0.3 is 4.74 Å². The Morgan fingerprint density at radius 3 is 2.57 bits per heavy atom. The quantitative estimate of drug-likeness (QED) is 0.595. The SMILES string of the molecule is O=C(NI)OC1CCCC1C(F)(F)F. The molecule has 2 unspecified atom stereocenters. The minimum absolute atomic E-state index is 0.0443. The highest BCUT2D eigenvalue weighted by Gasteiger charge is 2.48. The summed E-state index contributed by atoms with van der Waals surface area (Å²) in [6.45, 7) is 0. The van der Waals surface area contributed by atoms with E-state index in [0.717, 1.165) is 0 Å². The predicted octanol–water partition coefficient (Wildman–Crippen LogP) is 2.79. The van der Waals surface area contributed by atoms with Crippen LogP contribution in [0.15, 0.2) is 0 Å². The van der Waals surface area contributed by atoms with Crippen molar-refractivity contribution in [3.63, 3.8) is 0 Å². The van der Waals surface area contributed by atoms with Crippen molar-refractivity contribution < 1.29 is 22.7 Å². The zero-order chi connectivity index (χ0) is 10.8. The van der Waals surface area contributed by atoms with Crippen molar-refractivity contribution in [2.75, 3.05) is 0 Å².